The molecule has 1 aliphatic heterocycles. The lowest BCUT2D eigenvalue weighted by Gasteiger charge is -2.29. The molecule has 0 bridgehead atoms. The Morgan fingerprint density at radius 2 is 2.56 bits per heavy atom. The van der Waals surface area contributed by atoms with Crippen molar-refractivity contribution in [3.05, 3.63) is 17.8 Å². The van der Waals surface area contributed by atoms with Gasteiger partial charge in [0.2, 0.25) is 5.76 Å². The van der Waals surface area contributed by atoms with Crippen LogP contribution in [0.25, 0.3) is 0 Å². The number of hydrogen-bond acceptors (Lipinski definition) is 5. The van der Waals surface area contributed by atoms with Crippen LogP contribution in [0.2, 0.25) is 0 Å². The number of aryl methyl sites for hydroxylation is 1. The van der Waals surface area contributed by atoms with Gasteiger partial charge in [0.1, 0.15) is 0 Å². The van der Waals surface area contributed by atoms with E-state index in [2.05, 4.69) is 4.98 Å². The molecule has 1 saturated heterocycles. The Morgan fingerprint density at radius 3 is 3.19 bits per heavy atom. The highest BCUT2D eigenvalue weighted by atomic mass is 16.5. The van der Waals surface area contributed by atoms with Gasteiger partial charge in [0.15, 0.2) is 12.5 Å². The third-order valence-corrected chi connectivity index (χ3v) is 2.44. The van der Waals surface area contributed by atoms with Crippen molar-refractivity contribution in [3.8, 4) is 6.07 Å². The van der Waals surface area contributed by atoms with Crippen molar-refractivity contribution in [3.63, 3.8) is 0 Å². The molecule has 0 saturated carbocycles. The second kappa shape index (κ2) is 4.33. The molecule has 0 radical (unpaired) electrons. The van der Waals surface area contributed by atoms with Crippen molar-refractivity contribution in [2.24, 2.45) is 0 Å². The Bertz CT molecular complexity index is 435. The highest BCUT2D eigenvalue weighted by Crippen LogP contribution is 2.12. The molecule has 1 unspecified atom stereocenters. The van der Waals surface area contributed by atoms with Gasteiger partial charge < -0.3 is 14.1 Å². The smallest absolute Gasteiger partial charge is 0.291 e. The average Bonchev–Trinajstić information content (AvgIpc) is 2.74. The van der Waals surface area contributed by atoms with E-state index >= 15 is 0 Å². The van der Waals surface area contributed by atoms with Crippen molar-refractivity contribution < 1.29 is 13.9 Å². The monoisotopic (exact) mass is 221 g/mol. The predicted octanol–water partition coefficient (Wildman–Crippen LogP) is 0.348. The molecule has 2 heterocycles. The molecular weight excluding hydrogens is 210 g/mol. The summed E-state index contributed by atoms with van der Waals surface area (Å²) < 4.78 is 10.2. The minimum Gasteiger partial charge on any atom is -0.438 e. The summed E-state index contributed by atoms with van der Waals surface area (Å²) in [4.78, 5) is 17.4. The molecule has 1 atom stereocenters. The SMILES string of the molecule is Cc1ncoc1C(=O)N1CCOC(C#N)C1. The summed E-state index contributed by atoms with van der Waals surface area (Å²) >= 11 is 0. The molecule has 1 aromatic heterocycles. The van der Waals surface area contributed by atoms with Gasteiger partial charge in [0, 0.05) is 6.54 Å². The van der Waals surface area contributed by atoms with E-state index in [0.717, 1.165) is 0 Å². The van der Waals surface area contributed by atoms with E-state index in [-0.39, 0.29) is 18.2 Å². The normalized spacial score (nSPS) is 20.5. The lowest BCUT2D eigenvalue weighted by molar-refractivity contribution is 0.00207. The number of nitrogens with zero attached hydrogens (tertiary/aromatic N) is 3. The summed E-state index contributed by atoms with van der Waals surface area (Å²) in [6.45, 7) is 2.82. The van der Waals surface area contributed by atoms with Crippen LogP contribution in [0.3, 0.4) is 0 Å². The quantitative estimate of drug-likeness (QED) is 0.683. The molecule has 1 fully saturated rings. The van der Waals surface area contributed by atoms with Gasteiger partial charge in [-0.15, -0.1) is 0 Å². The van der Waals surface area contributed by atoms with Crippen LogP contribution in [0.5, 0.6) is 0 Å². The third kappa shape index (κ3) is 1.90. The number of rotatable bonds is 1. The Balaban J connectivity index is 2.11. The highest BCUT2D eigenvalue weighted by Gasteiger charge is 2.27. The van der Waals surface area contributed by atoms with Gasteiger partial charge in [-0.1, -0.05) is 0 Å². The van der Waals surface area contributed by atoms with Crippen LogP contribution in [-0.2, 0) is 4.74 Å². The van der Waals surface area contributed by atoms with Crippen molar-refractivity contribution in [2.45, 2.75) is 13.0 Å². The maximum Gasteiger partial charge on any atom is 0.291 e. The van der Waals surface area contributed by atoms with Crippen LogP contribution in [0.4, 0.5) is 0 Å². The van der Waals surface area contributed by atoms with E-state index in [1.807, 2.05) is 6.07 Å². The fraction of sp³-hybridized carbons (Fsp3) is 0.500. The third-order valence-electron chi connectivity index (χ3n) is 2.44. The summed E-state index contributed by atoms with van der Waals surface area (Å²) in [6.07, 6.45) is 0.686. The Labute approximate surface area is 92.4 Å². The van der Waals surface area contributed by atoms with E-state index in [4.69, 9.17) is 14.4 Å². The van der Waals surface area contributed by atoms with Crippen molar-refractivity contribution in [1.82, 2.24) is 9.88 Å². The van der Waals surface area contributed by atoms with Gasteiger partial charge in [-0.05, 0) is 6.92 Å². The Hall–Kier alpha value is -1.87. The molecular formula is C10H11N3O3. The standard InChI is InChI=1S/C10H11N3O3/c1-7-9(16-6-12-7)10(14)13-2-3-15-8(4-11)5-13/h6,8H,2-3,5H2,1H3. The van der Waals surface area contributed by atoms with Gasteiger partial charge in [0.05, 0.1) is 24.9 Å². The van der Waals surface area contributed by atoms with E-state index in [0.29, 0.717) is 18.8 Å². The number of nitriles is 1. The second-order valence-corrected chi connectivity index (χ2v) is 3.51. The topological polar surface area (TPSA) is 79.4 Å². The van der Waals surface area contributed by atoms with E-state index < -0.39 is 6.10 Å². The molecule has 1 aliphatic rings. The van der Waals surface area contributed by atoms with Crippen LogP contribution in [0.1, 0.15) is 16.2 Å². The van der Waals surface area contributed by atoms with Gasteiger partial charge in [-0.25, -0.2) is 4.98 Å². The van der Waals surface area contributed by atoms with Crippen LogP contribution in [-0.4, -0.2) is 41.6 Å². The Morgan fingerprint density at radius 1 is 1.75 bits per heavy atom. The number of oxazole rings is 1. The van der Waals surface area contributed by atoms with Crippen LogP contribution < -0.4 is 0 Å². The number of amides is 1. The van der Waals surface area contributed by atoms with Crippen LogP contribution >= 0.6 is 0 Å². The van der Waals surface area contributed by atoms with Crippen molar-refractivity contribution in [1.29, 1.82) is 5.26 Å². The molecule has 84 valence electrons. The van der Waals surface area contributed by atoms with Crippen molar-refractivity contribution >= 4 is 5.91 Å². The molecule has 1 amide bonds. The lowest BCUT2D eigenvalue weighted by atomic mass is 10.2. The first kappa shape index (κ1) is 10.6. The number of carbonyl (C=O) groups excluding carboxylic acids is 1. The van der Waals surface area contributed by atoms with Crippen molar-refractivity contribution in [2.75, 3.05) is 19.7 Å². The maximum atomic E-state index is 12.0. The Kier molecular flexibility index (Phi) is 2.88. The minimum absolute atomic E-state index is 0.235. The summed E-state index contributed by atoms with van der Waals surface area (Å²) in [5, 5.41) is 8.73. The lowest BCUT2D eigenvalue weighted by Crippen LogP contribution is -2.45. The predicted molar refractivity (Wildman–Crippen MR) is 52.5 cm³/mol. The zero-order chi connectivity index (χ0) is 11.5. The number of aromatic nitrogens is 1. The van der Waals surface area contributed by atoms with E-state index in [9.17, 15) is 4.79 Å². The zero-order valence-corrected chi connectivity index (χ0v) is 8.84. The van der Waals surface area contributed by atoms with Gasteiger partial charge in [-0.2, -0.15) is 5.26 Å². The fourth-order valence-corrected chi connectivity index (χ4v) is 1.56. The molecule has 2 rings (SSSR count). The average molecular weight is 221 g/mol. The summed E-state index contributed by atoms with van der Waals surface area (Å²) in [5.41, 5.74) is 0.560. The minimum atomic E-state index is -0.555. The summed E-state index contributed by atoms with van der Waals surface area (Å²) in [5.74, 6) is -0.00265. The molecule has 0 aromatic carbocycles. The number of hydrogen-bond donors (Lipinski definition) is 0. The first-order valence-electron chi connectivity index (χ1n) is 4.93. The van der Waals surface area contributed by atoms with Gasteiger partial charge in [-0.3, -0.25) is 4.79 Å². The van der Waals surface area contributed by atoms with Crippen LogP contribution in [0, 0.1) is 18.3 Å². The second-order valence-electron chi connectivity index (χ2n) is 3.51. The molecule has 16 heavy (non-hydrogen) atoms. The molecule has 0 aliphatic carbocycles. The molecule has 0 N–H and O–H groups in total. The maximum absolute atomic E-state index is 12.0. The van der Waals surface area contributed by atoms with Crippen LogP contribution in [0.15, 0.2) is 10.8 Å². The molecule has 6 heteroatoms. The number of carbonyl (C=O) groups is 1. The first-order chi connectivity index (χ1) is 7.72. The van der Waals surface area contributed by atoms with Gasteiger partial charge >= 0.3 is 0 Å². The summed E-state index contributed by atoms with van der Waals surface area (Å²) in [6, 6.07) is 1.99. The first-order valence-corrected chi connectivity index (χ1v) is 4.93. The van der Waals surface area contributed by atoms with E-state index in [1.165, 1.54) is 6.39 Å². The fourth-order valence-electron chi connectivity index (χ4n) is 1.56. The molecule has 0 spiro atoms. The summed E-state index contributed by atoms with van der Waals surface area (Å²) in [7, 11) is 0. The largest absolute Gasteiger partial charge is 0.438 e. The molecule has 6 nitrogen and oxygen atoms in total. The number of ether oxygens (including phenoxy) is 1. The van der Waals surface area contributed by atoms with E-state index in [1.54, 1.807) is 11.8 Å². The zero-order valence-electron chi connectivity index (χ0n) is 8.84. The highest BCUT2D eigenvalue weighted by molar-refractivity contribution is 5.92. The van der Waals surface area contributed by atoms with Gasteiger partial charge in [0.25, 0.3) is 5.91 Å². The molecule has 1 aromatic rings. The number of morpholine rings is 1.